The van der Waals surface area contributed by atoms with E-state index in [1.165, 1.54) is 11.3 Å². The van der Waals surface area contributed by atoms with Gasteiger partial charge in [-0.3, -0.25) is 4.90 Å². The van der Waals surface area contributed by atoms with Crippen molar-refractivity contribution in [3.8, 4) is 0 Å². The SMILES string of the molecule is CCOCCN1CCc2cncnc2C1. The molecular weight excluding hydrogens is 190 g/mol. The zero-order valence-corrected chi connectivity index (χ0v) is 9.15. The van der Waals surface area contributed by atoms with Gasteiger partial charge in [-0.25, -0.2) is 9.97 Å². The summed E-state index contributed by atoms with van der Waals surface area (Å²) < 4.78 is 5.35. The Bertz CT molecular complexity index is 316. The quantitative estimate of drug-likeness (QED) is 0.687. The van der Waals surface area contributed by atoms with Crippen molar-refractivity contribution in [2.75, 3.05) is 26.3 Å². The van der Waals surface area contributed by atoms with Crippen LogP contribution in [0.5, 0.6) is 0 Å². The maximum atomic E-state index is 5.35. The van der Waals surface area contributed by atoms with Crippen molar-refractivity contribution < 1.29 is 4.74 Å². The summed E-state index contributed by atoms with van der Waals surface area (Å²) in [5.41, 5.74) is 2.47. The van der Waals surface area contributed by atoms with E-state index < -0.39 is 0 Å². The average Bonchev–Trinajstić information content (AvgIpc) is 2.29. The molecule has 0 amide bonds. The fraction of sp³-hybridized carbons (Fsp3) is 0.636. The number of ether oxygens (including phenoxy) is 1. The van der Waals surface area contributed by atoms with Crippen LogP contribution in [0.4, 0.5) is 0 Å². The number of rotatable bonds is 4. The molecule has 0 saturated carbocycles. The molecule has 0 aromatic carbocycles. The summed E-state index contributed by atoms with van der Waals surface area (Å²) in [5.74, 6) is 0. The highest BCUT2D eigenvalue weighted by atomic mass is 16.5. The van der Waals surface area contributed by atoms with Crippen LogP contribution in [0.2, 0.25) is 0 Å². The Morgan fingerprint density at radius 1 is 1.53 bits per heavy atom. The standard InChI is InChI=1S/C11H17N3O/c1-2-15-6-5-14-4-3-10-7-12-9-13-11(10)8-14/h7,9H,2-6,8H2,1H3. The molecule has 0 unspecified atom stereocenters. The number of hydrogen-bond acceptors (Lipinski definition) is 4. The first kappa shape index (κ1) is 10.5. The Balaban J connectivity index is 1.88. The molecule has 0 atom stereocenters. The van der Waals surface area contributed by atoms with Gasteiger partial charge in [-0.05, 0) is 18.9 Å². The summed E-state index contributed by atoms with van der Waals surface area (Å²) in [6, 6.07) is 0. The van der Waals surface area contributed by atoms with E-state index in [2.05, 4.69) is 14.9 Å². The van der Waals surface area contributed by atoms with Gasteiger partial charge in [-0.15, -0.1) is 0 Å². The molecule has 0 bridgehead atoms. The molecule has 0 radical (unpaired) electrons. The molecule has 1 aliphatic heterocycles. The summed E-state index contributed by atoms with van der Waals surface area (Å²) in [6.07, 6.45) is 4.62. The van der Waals surface area contributed by atoms with Gasteiger partial charge >= 0.3 is 0 Å². The molecule has 0 saturated heterocycles. The number of hydrogen-bond donors (Lipinski definition) is 0. The summed E-state index contributed by atoms with van der Waals surface area (Å²) >= 11 is 0. The Morgan fingerprint density at radius 2 is 2.47 bits per heavy atom. The lowest BCUT2D eigenvalue weighted by Gasteiger charge is -2.27. The van der Waals surface area contributed by atoms with Crippen LogP contribution in [0.25, 0.3) is 0 Å². The van der Waals surface area contributed by atoms with E-state index in [1.54, 1.807) is 6.33 Å². The highest BCUT2D eigenvalue weighted by Crippen LogP contribution is 2.14. The molecule has 0 fully saturated rings. The van der Waals surface area contributed by atoms with Gasteiger partial charge in [0.1, 0.15) is 6.33 Å². The van der Waals surface area contributed by atoms with Crippen LogP contribution in [0, 0.1) is 0 Å². The van der Waals surface area contributed by atoms with Crippen molar-refractivity contribution >= 4 is 0 Å². The highest BCUT2D eigenvalue weighted by Gasteiger charge is 2.16. The lowest BCUT2D eigenvalue weighted by Crippen LogP contribution is -2.33. The Morgan fingerprint density at radius 3 is 3.33 bits per heavy atom. The lowest BCUT2D eigenvalue weighted by molar-refractivity contribution is 0.108. The zero-order chi connectivity index (χ0) is 10.5. The maximum absolute atomic E-state index is 5.35. The molecule has 15 heavy (non-hydrogen) atoms. The van der Waals surface area contributed by atoms with E-state index in [1.807, 2.05) is 13.1 Å². The topological polar surface area (TPSA) is 38.2 Å². The first-order chi connectivity index (χ1) is 7.40. The second-order valence-electron chi connectivity index (χ2n) is 3.72. The molecule has 4 heteroatoms. The summed E-state index contributed by atoms with van der Waals surface area (Å²) in [6.45, 7) is 6.66. The number of fused-ring (bicyclic) bond motifs is 1. The smallest absolute Gasteiger partial charge is 0.115 e. The van der Waals surface area contributed by atoms with Crippen molar-refractivity contribution in [1.82, 2.24) is 14.9 Å². The van der Waals surface area contributed by atoms with Crippen LogP contribution >= 0.6 is 0 Å². The van der Waals surface area contributed by atoms with Crippen LogP contribution in [-0.4, -0.2) is 41.2 Å². The summed E-state index contributed by atoms with van der Waals surface area (Å²) in [4.78, 5) is 10.7. The van der Waals surface area contributed by atoms with E-state index in [-0.39, 0.29) is 0 Å². The molecule has 4 nitrogen and oxygen atoms in total. The molecular formula is C11H17N3O. The molecule has 0 N–H and O–H groups in total. The normalized spacial score (nSPS) is 16.3. The third-order valence-corrected chi connectivity index (χ3v) is 2.71. The average molecular weight is 207 g/mol. The van der Waals surface area contributed by atoms with Crippen LogP contribution < -0.4 is 0 Å². The third kappa shape index (κ3) is 2.73. The minimum absolute atomic E-state index is 0.798. The van der Waals surface area contributed by atoms with Crippen molar-refractivity contribution in [3.63, 3.8) is 0 Å². The monoisotopic (exact) mass is 207 g/mol. The van der Waals surface area contributed by atoms with Crippen molar-refractivity contribution in [2.45, 2.75) is 19.9 Å². The van der Waals surface area contributed by atoms with E-state index in [4.69, 9.17) is 4.74 Å². The first-order valence-corrected chi connectivity index (χ1v) is 5.48. The van der Waals surface area contributed by atoms with E-state index in [0.717, 1.165) is 39.3 Å². The molecule has 1 aliphatic rings. The molecule has 0 aliphatic carbocycles. The zero-order valence-electron chi connectivity index (χ0n) is 9.15. The van der Waals surface area contributed by atoms with Crippen LogP contribution in [0.1, 0.15) is 18.2 Å². The second-order valence-corrected chi connectivity index (χ2v) is 3.72. The highest BCUT2D eigenvalue weighted by molar-refractivity contribution is 5.18. The Kier molecular flexibility index (Phi) is 3.64. The van der Waals surface area contributed by atoms with Crippen molar-refractivity contribution in [3.05, 3.63) is 23.8 Å². The number of aromatic nitrogens is 2. The van der Waals surface area contributed by atoms with Gasteiger partial charge in [-0.1, -0.05) is 0 Å². The van der Waals surface area contributed by atoms with Crippen LogP contribution in [-0.2, 0) is 17.7 Å². The third-order valence-electron chi connectivity index (χ3n) is 2.71. The van der Waals surface area contributed by atoms with Gasteiger partial charge in [0.25, 0.3) is 0 Å². The maximum Gasteiger partial charge on any atom is 0.115 e. The lowest BCUT2D eigenvalue weighted by atomic mass is 10.1. The van der Waals surface area contributed by atoms with Gasteiger partial charge in [0.05, 0.1) is 12.3 Å². The van der Waals surface area contributed by atoms with Crippen LogP contribution in [0.15, 0.2) is 12.5 Å². The van der Waals surface area contributed by atoms with Crippen LogP contribution in [0.3, 0.4) is 0 Å². The molecule has 1 aromatic rings. The van der Waals surface area contributed by atoms with Gasteiger partial charge in [0, 0.05) is 32.4 Å². The fourth-order valence-electron chi connectivity index (χ4n) is 1.83. The predicted molar refractivity (Wildman–Crippen MR) is 57.5 cm³/mol. The van der Waals surface area contributed by atoms with E-state index in [9.17, 15) is 0 Å². The van der Waals surface area contributed by atoms with Crippen molar-refractivity contribution in [2.24, 2.45) is 0 Å². The molecule has 82 valence electrons. The molecule has 2 rings (SSSR count). The molecule has 2 heterocycles. The van der Waals surface area contributed by atoms with E-state index >= 15 is 0 Å². The Hall–Kier alpha value is -1.00. The molecule has 1 aromatic heterocycles. The fourth-order valence-corrected chi connectivity index (χ4v) is 1.83. The van der Waals surface area contributed by atoms with E-state index in [0.29, 0.717) is 0 Å². The minimum atomic E-state index is 0.798. The minimum Gasteiger partial charge on any atom is -0.380 e. The second kappa shape index (κ2) is 5.19. The van der Waals surface area contributed by atoms with Gasteiger partial charge in [0.2, 0.25) is 0 Å². The summed E-state index contributed by atoms with van der Waals surface area (Å²) in [7, 11) is 0. The first-order valence-electron chi connectivity index (χ1n) is 5.48. The van der Waals surface area contributed by atoms with Gasteiger partial charge in [0.15, 0.2) is 0 Å². The summed E-state index contributed by atoms with van der Waals surface area (Å²) in [5, 5.41) is 0. The Labute approximate surface area is 90.3 Å². The predicted octanol–water partition coefficient (Wildman–Crippen LogP) is 0.871. The van der Waals surface area contributed by atoms with Gasteiger partial charge in [-0.2, -0.15) is 0 Å². The van der Waals surface area contributed by atoms with Crippen molar-refractivity contribution in [1.29, 1.82) is 0 Å². The largest absolute Gasteiger partial charge is 0.380 e. The molecule has 0 spiro atoms. The number of nitrogens with zero attached hydrogens (tertiary/aromatic N) is 3. The van der Waals surface area contributed by atoms with Gasteiger partial charge < -0.3 is 4.74 Å².